The Hall–Kier alpha value is -0.580. The maximum absolute atomic E-state index is 5.93. The van der Waals surface area contributed by atoms with Gasteiger partial charge in [0.15, 0.2) is 0 Å². The molecular formula is C13H19BrN2O. The van der Waals surface area contributed by atoms with Gasteiger partial charge < -0.3 is 15.8 Å². The van der Waals surface area contributed by atoms with Crippen LogP contribution in [0.2, 0.25) is 0 Å². The van der Waals surface area contributed by atoms with Gasteiger partial charge >= 0.3 is 0 Å². The number of halogens is 1. The molecule has 0 bridgehead atoms. The second-order valence-electron chi connectivity index (χ2n) is 4.61. The molecule has 0 amide bonds. The lowest BCUT2D eigenvalue weighted by atomic mass is 10.1. The zero-order chi connectivity index (χ0) is 12.3. The molecule has 1 fully saturated rings. The van der Waals surface area contributed by atoms with Crippen LogP contribution in [0.4, 0.5) is 5.69 Å². The Morgan fingerprint density at radius 3 is 2.94 bits per heavy atom. The van der Waals surface area contributed by atoms with Gasteiger partial charge in [0.05, 0.1) is 6.61 Å². The molecule has 2 unspecified atom stereocenters. The average molecular weight is 299 g/mol. The molecule has 3 nitrogen and oxygen atoms in total. The van der Waals surface area contributed by atoms with Crippen molar-refractivity contribution in [2.45, 2.75) is 38.0 Å². The summed E-state index contributed by atoms with van der Waals surface area (Å²) < 4.78 is 6.33. The fourth-order valence-corrected chi connectivity index (χ4v) is 2.83. The van der Waals surface area contributed by atoms with Crippen molar-refractivity contribution in [3.05, 3.63) is 28.2 Å². The summed E-state index contributed by atoms with van der Waals surface area (Å²) in [5.74, 6) is 0. The predicted molar refractivity (Wildman–Crippen MR) is 74.1 cm³/mol. The highest BCUT2D eigenvalue weighted by Crippen LogP contribution is 2.29. The van der Waals surface area contributed by atoms with E-state index in [1.807, 2.05) is 12.1 Å². The summed E-state index contributed by atoms with van der Waals surface area (Å²) >= 11 is 3.56. The summed E-state index contributed by atoms with van der Waals surface area (Å²) in [6.07, 6.45) is 3.32. The first-order valence-electron chi connectivity index (χ1n) is 5.99. The van der Waals surface area contributed by atoms with Gasteiger partial charge in [-0.05, 0) is 31.4 Å². The van der Waals surface area contributed by atoms with Crippen molar-refractivity contribution in [1.82, 2.24) is 0 Å². The monoisotopic (exact) mass is 298 g/mol. The number of hydrogen-bond acceptors (Lipinski definition) is 3. The van der Waals surface area contributed by atoms with Gasteiger partial charge in [-0.25, -0.2) is 0 Å². The van der Waals surface area contributed by atoms with Gasteiger partial charge in [0.2, 0.25) is 0 Å². The van der Waals surface area contributed by atoms with E-state index in [1.54, 1.807) is 7.11 Å². The third kappa shape index (κ3) is 3.21. The Morgan fingerprint density at radius 1 is 1.47 bits per heavy atom. The highest BCUT2D eigenvalue weighted by atomic mass is 79.9. The zero-order valence-electron chi connectivity index (χ0n) is 10.1. The minimum Gasteiger partial charge on any atom is -0.382 e. The smallest absolute Gasteiger partial charge is 0.0744 e. The number of ether oxygens (including phenoxy) is 1. The second kappa shape index (κ2) is 5.85. The molecular weight excluding hydrogens is 280 g/mol. The molecule has 0 spiro atoms. The molecule has 2 rings (SSSR count). The highest BCUT2D eigenvalue weighted by Gasteiger charge is 2.22. The van der Waals surface area contributed by atoms with Crippen LogP contribution in [0.15, 0.2) is 22.7 Å². The molecule has 1 aliphatic carbocycles. The van der Waals surface area contributed by atoms with Crippen molar-refractivity contribution in [1.29, 1.82) is 0 Å². The van der Waals surface area contributed by atoms with Gasteiger partial charge in [0.25, 0.3) is 0 Å². The van der Waals surface area contributed by atoms with Crippen LogP contribution in [0.1, 0.15) is 24.8 Å². The number of hydrogen-bond donors (Lipinski definition) is 2. The van der Waals surface area contributed by atoms with Crippen LogP contribution in [-0.2, 0) is 11.3 Å². The Kier molecular flexibility index (Phi) is 4.42. The van der Waals surface area contributed by atoms with Crippen LogP contribution in [0, 0.1) is 0 Å². The van der Waals surface area contributed by atoms with Gasteiger partial charge in [-0.3, -0.25) is 0 Å². The van der Waals surface area contributed by atoms with E-state index in [1.165, 1.54) is 5.56 Å². The first kappa shape index (κ1) is 12.9. The van der Waals surface area contributed by atoms with Crippen LogP contribution in [0.3, 0.4) is 0 Å². The molecule has 3 N–H and O–H groups in total. The van der Waals surface area contributed by atoms with Crippen molar-refractivity contribution in [2.24, 2.45) is 5.73 Å². The standard InChI is InChI=1S/C13H19BrN2O/c1-17-8-11-12(14)3-2-4-13(11)16-10-6-5-9(15)7-10/h2-4,9-10,16H,5-8,15H2,1H3. The van der Waals surface area contributed by atoms with E-state index in [2.05, 4.69) is 27.3 Å². The summed E-state index contributed by atoms with van der Waals surface area (Å²) in [7, 11) is 1.72. The summed E-state index contributed by atoms with van der Waals surface area (Å²) in [6, 6.07) is 7.03. The molecule has 4 heteroatoms. The summed E-state index contributed by atoms with van der Waals surface area (Å²) in [5, 5.41) is 3.58. The quantitative estimate of drug-likeness (QED) is 0.898. The molecule has 17 heavy (non-hydrogen) atoms. The molecule has 0 radical (unpaired) electrons. The number of nitrogens with one attached hydrogen (secondary N) is 1. The highest BCUT2D eigenvalue weighted by molar-refractivity contribution is 9.10. The van der Waals surface area contributed by atoms with E-state index in [-0.39, 0.29) is 0 Å². The van der Waals surface area contributed by atoms with Gasteiger partial charge in [0.1, 0.15) is 0 Å². The fourth-order valence-electron chi connectivity index (χ4n) is 2.35. The molecule has 1 aromatic carbocycles. The van der Waals surface area contributed by atoms with Gasteiger partial charge in [-0.1, -0.05) is 22.0 Å². The third-order valence-corrected chi connectivity index (χ3v) is 3.98. The predicted octanol–water partition coefficient (Wildman–Crippen LogP) is 2.89. The largest absolute Gasteiger partial charge is 0.382 e. The third-order valence-electron chi connectivity index (χ3n) is 3.24. The van der Waals surface area contributed by atoms with Crippen molar-refractivity contribution in [3.8, 4) is 0 Å². The normalized spacial score (nSPS) is 23.9. The van der Waals surface area contributed by atoms with Crippen LogP contribution >= 0.6 is 15.9 Å². The van der Waals surface area contributed by atoms with Crippen LogP contribution in [0.25, 0.3) is 0 Å². The Balaban J connectivity index is 2.11. The molecule has 1 aliphatic rings. The van der Waals surface area contributed by atoms with E-state index < -0.39 is 0 Å². The number of anilines is 1. The number of benzene rings is 1. The van der Waals surface area contributed by atoms with E-state index in [4.69, 9.17) is 10.5 Å². The first-order chi connectivity index (χ1) is 8.20. The lowest BCUT2D eigenvalue weighted by molar-refractivity contribution is 0.185. The summed E-state index contributed by atoms with van der Waals surface area (Å²) in [5.41, 5.74) is 8.26. The van der Waals surface area contributed by atoms with Crippen LogP contribution in [-0.4, -0.2) is 19.2 Å². The summed E-state index contributed by atoms with van der Waals surface area (Å²) in [4.78, 5) is 0. The van der Waals surface area contributed by atoms with Crippen LogP contribution < -0.4 is 11.1 Å². The van der Waals surface area contributed by atoms with Crippen molar-refractivity contribution >= 4 is 21.6 Å². The Morgan fingerprint density at radius 2 is 2.29 bits per heavy atom. The topological polar surface area (TPSA) is 47.3 Å². The molecule has 0 aromatic heterocycles. The maximum atomic E-state index is 5.93. The molecule has 1 saturated carbocycles. The average Bonchev–Trinajstić information content (AvgIpc) is 2.69. The minimum absolute atomic E-state index is 0.352. The van der Waals surface area contributed by atoms with Crippen molar-refractivity contribution < 1.29 is 4.74 Å². The molecule has 2 atom stereocenters. The second-order valence-corrected chi connectivity index (χ2v) is 5.47. The molecule has 0 heterocycles. The van der Waals surface area contributed by atoms with Gasteiger partial charge in [-0.15, -0.1) is 0 Å². The Labute approximate surface area is 111 Å². The van der Waals surface area contributed by atoms with Crippen molar-refractivity contribution in [2.75, 3.05) is 12.4 Å². The van der Waals surface area contributed by atoms with Crippen LogP contribution in [0.5, 0.6) is 0 Å². The van der Waals surface area contributed by atoms with Gasteiger partial charge in [-0.2, -0.15) is 0 Å². The molecule has 94 valence electrons. The van der Waals surface area contributed by atoms with Gasteiger partial charge in [0, 0.05) is 34.9 Å². The Bertz CT molecular complexity index is 384. The van der Waals surface area contributed by atoms with Crippen molar-refractivity contribution in [3.63, 3.8) is 0 Å². The fraction of sp³-hybridized carbons (Fsp3) is 0.538. The van der Waals surface area contributed by atoms with E-state index >= 15 is 0 Å². The lowest BCUT2D eigenvalue weighted by Gasteiger charge is -2.18. The number of rotatable bonds is 4. The summed E-state index contributed by atoms with van der Waals surface area (Å²) in [6.45, 7) is 0.614. The number of methoxy groups -OCH3 is 1. The first-order valence-corrected chi connectivity index (χ1v) is 6.78. The molecule has 0 aliphatic heterocycles. The lowest BCUT2D eigenvalue weighted by Crippen LogP contribution is -2.21. The minimum atomic E-state index is 0.352. The maximum Gasteiger partial charge on any atom is 0.0744 e. The molecule has 1 aromatic rings. The van der Waals surface area contributed by atoms with E-state index in [0.29, 0.717) is 18.7 Å². The van der Waals surface area contributed by atoms with E-state index in [0.717, 1.165) is 29.4 Å². The van der Waals surface area contributed by atoms with E-state index in [9.17, 15) is 0 Å². The zero-order valence-corrected chi connectivity index (χ0v) is 11.7. The number of nitrogens with two attached hydrogens (primary N) is 1. The molecule has 0 saturated heterocycles. The SMILES string of the molecule is COCc1c(Br)cccc1NC1CCC(N)C1.